The zero-order valence-corrected chi connectivity index (χ0v) is 9.61. The van der Waals surface area contributed by atoms with Gasteiger partial charge in [0.25, 0.3) is 0 Å². The molecule has 0 saturated carbocycles. The molecule has 1 rings (SSSR count). The molecule has 0 saturated heterocycles. The minimum atomic E-state index is -0.150. The lowest BCUT2D eigenvalue weighted by Gasteiger charge is -2.17. The van der Waals surface area contributed by atoms with Crippen LogP contribution in [0.3, 0.4) is 0 Å². The maximum atomic E-state index is 11.6. The van der Waals surface area contributed by atoms with E-state index in [0.29, 0.717) is 6.42 Å². The van der Waals surface area contributed by atoms with Gasteiger partial charge in [0.15, 0.2) is 5.82 Å². The van der Waals surface area contributed by atoms with Gasteiger partial charge in [-0.25, -0.2) is 9.97 Å². The minimum absolute atomic E-state index is 0.0933. The van der Waals surface area contributed by atoms with E-state index in [1.165, 1.54) is 12.5 Å². The van der Waals surface area contributed by atoms with E-state index in [1.54, 1.807) is 0 Å². The monoisotopic (exact) mass is 218 g/mol. The first-order chi connectivity index (χ1) is 7.42. The summed E-state index contributed by atoms with van der Waals surface area (Å²) in [6.07, 6.45) is 3.05. The van der Waals surface area contributed by atoms with Gasteiger partial charge in [-0.1, -0.05) is 20.8 Å². The highest BCUT2D eigenvalue weighted by atomic mass is 16.1. The third kappa shape index (κ3) is 3.65. The maximum Gasteiger partial charge on any atom is 0.226 e. The number of aromatic nitrogens is 2. The Hall–Kier alpha value is -1.96. The molecule has 0 bridgehead atoms. The van der Waals surface area contributed by atoms with E-state index >= 15 is 0 Å². The first-order valence-corrected chi connectivity index (χ1v) is 4.92. The summed E-state index contributed by atoms with van der Waals surface area (Å²) >= 11 is 0. The molecule has 1 N–H and O–H groups in total. The van der Waals surface area contributed by atoms with Crippen LogP contribution in [-0.2, 0) is 4.79 Å². The van der Waals surface area contributed by atoms with Crippen LogP contribution in [0.15, 0.2) is 12.5 Å². The minimum Gasteiger partial charge on any atom is -0.309 e. The van der Waals surface area contributed by atoms with Crippen molar-refractivity contribution in [2.45, 2.75) is 27.2 Å². The van der Waals surface area contributed by atoms with Crippen LogP contribution >= 0.6 is 0 Å². The molecule has 0 aliphatic carbocycles. The van der Waals surface area contributed by atoms with E-state index < -0.39 is 0 Å². The van der Waals surface area contributed by atoms with Gasteiger partial charge in [0, 0.05) is 6.42 Å². The van der Waals surface area contributed by atoms with E-state index in [2.05, 4.69) is 15.3 Å². The molecule has 0 radical (unpaired) electrons. The molecule has 0 fully saturated rings. The van der Waals surface area contributed by atoms with Crippen molar-refractivity contribution in [3.05, 3.63) is 18.1 Å². The SMILES string of the molecule is CC(C)(C)CC(=O)Nc1ncncc1C#N. The Morgan fingerprint density at radius 2 is 2.25 bits per heavy atom. The van der Waals surface area contributed by atoms with Gasteiger partial charge in [-0.15, -0.1) is 0 Å². The normalized spacial score (nSPS) is 10.6. The van der Waals surface area contributed by atoms with Crippen LogP contribution in [0.25, 0.3) is 0 Å². The molecule has 1 amide bonds. The molecule has 1 aromatic heterocycles. The topological polar surface area (TPSA) is 78.7 Å². The van der Waals surface area contributed by atoms with Crippen LogP contribution in [0, 0.1) is 16.7 Å². The van der Waals surface area contributed by atoms with Crippen molar-refractivity contribution in [2.75, 3.05) is 5.32 Å². The van der Waals surface area contributed by atoms with Gasteiger partial charge < -0.3 is 5.32 Å². The number of amides is 1. The highest BCUT2D eigenvalue weighted by Crippen LogP contribution is 2.19. The first-order valence-electron chi connectivity index (χ1n) is 4.92. The average molecular weight is 218 g/mol. The lowest BCUT2D eigenvalue weighted by atomic mass is 9.92. The molecule has 5 nitrogen and oxygen atoms in total. The number of hydrogen-bond donors (Lipinski definition) is 1. The van der Waals surface area contributed by atoms with Gasteiger partial charge in [0.05, 0.1) is 6.20 Å². The molecule has 16 heavy (non-hydrogen) atoms. The molecule has 1 heterocycles. The Labute approximate surface area is 94.5 Å². The van der Waals surface area contributed by atoms with Gasteiger partial charge in [-0.2, -0.15) is 5.26 Å². The fourth-order valence-corrected chi connectivity index (χ4v) is 1.17. The van der Waals surface area contributed by atoms with Crippen LogP contribution in [0.4, 0.5) is 5.82 Å². The standard InChI is InChI=1S/C11H14N4O/c1-11(2,3)4-9(16)15-10-8(5-12)6-13-7-14-10/h6-7H,4H2,1-3H3,(H,13,14,15,16). The maximum absolute atomic E-state index is 11.6. The Kier molecular flexibility index (Phi) is 3.56. The summed E-state index contributed by atoms with van der Waals surface area (Å²) in [4.78, 5) is 19.2. The number of nitrogens with zero attached hydrogens (tertiary/aromatic N) is 3. The van der Waals surface area contributed by atoms with Crippen molar-refractivity contribution in [3.63, 3.8) is 0 Å². The number of carbonyl (C=O) groups is 1. The van der Waals surface area contributed by atoms with E-state index in [-0.39, 0.29) is 22.7 Å². The fourth-order valence-electron chi connectivity index (χ4n) is 1.17. The van der Waals surface area contributed by atoms with Crippen molar-refractivity contribution in [1.29, 1.82) is 5.26 Å². The number of nitrogens with one attached hydrogen (secondary N) is 1. The lowest BCUT2D eigenvalue weighted by molar-refractivity contribution is -0.117. The Morgan fingerprint density at radius 1 is 1.56 bits per heavy atom. The summed E-state index contributed by atoms with van der Waals surface area (Å²) in [6, 6.07) is 1.92. The predicted molar refractivity (Wildman–Crippen MR) is 59.4 cm³/mol. The number of hydrogen-bond acceptors (Lipinski definition) is 4. The zero-order chi connectivity index (χ0) is 12.2. The molecule has 0 aliphatic rings. The molecular formula is C11H14N4O. The summed E-state index contributed by atoms with van der Waals surface area (Å²) in [6.45, 7) is 5.91. The van der Waals surface area contributed by atoms with Crippen LogP contribution < -0.4 is 5.32 Å². The third-order valence-electron chi connectivity index (χ3n) is 1.78. The Balaban J connectivity index is 2.75. The van der Waals surface area contributed by atoms with Crippen molar-refractivity contribution >= 4 is 11.7 Å². The van der Waals surface area contributed by atoms with Gasteiger partial charge in [0.1, 0.15) is 18.0 Å². The van der Waals surface area contributed by atoms with Gasteiger partial charge in [-0.3, -0.25) is 4.79 Å². The highest BCUT2D eigenvalue weighted by Gasteiger charge is 2.17. The van der Waals surface area contributed by atoms with Crippen molar-refractivity contribution < 1.29 is 4.79 Å². The Bertz CT molecular complexity index is 428. The van der Waals surface area contributed by atoms with Crippen molar-refractivity contribution in [1.82, 2.24) is 9.97 Å². The van der Waals surface area contributed by atoms with Crippen LogP contribution in [0.1, 0.15) is 32.8 Å². The van der Waals surface area contributed by atoms with Crippen LogP contribution in [0.2, 0.25) is 0 Å². The quantitative estimate of drug-likeness (QED) is 0.819. The second kappa shape index (κ2) is 4.71. The van der Waals surface area contributed by atoms with E-state index in [4.69, 9.17) is 5.26 Å². The molecule has 84 valence electrons. The summed E-state index contributed by atoms with van der Waals surface area (Å²) in [5.41, 5.74) is 0.175. The van der Waals surface area contributed by atoms with Crippen molar-refractivity contribution in [2.24, 2.45) is 5.41 Å². The van der Waals surface area contributed by atoms with Gasteiger partial charge in [-0.05, 0) is 5.41 Å². The number of carbonyl (C=O) groups excluding carboxylic acids is 1. The highest BCUT2D eigenvalue weighted by molar-refractivity contribution is 5.91. The molecule has 0 aromatic carbocycles. The molecule has 5 heteroatoms. The largest absolute Gasteiger partial charge is 0.309 e. The fraction of sp³-hybridized carbons (Fsp3) is 0.455. The molecule has 1 aromatic rings. The smallest absolute Gasteiger partial charge is 0.226 e. The average Bonchev–Trinajstić information content (AvgIpc) is 2.15. The number of nitriles is 1. The number of rotatable bonds is 2. The second-order valence-corrected chi connectivity index (χ2v) is 4.68. The number of anilines is 1. The Morgan fingerprint density at radius 3 is 2.81 bits per heavy atom. The molecule has 0 atom stereocenters. The summed E-state index contributed by atoms with van der Waals surface area (Å²) in [5.74, 6) is 0.120. The van der Waals surface area contributed by atoms with Gasteiger partial charge >= 0.3 is 0 Å². The first kappa shape index (κ1) is 12.1. The van der Waals surface area contributed by atoms with E-state index in [0.717, 1.165) is 0 Å². The van der Waals surface area contributed by atoms with Crippen molar-refractivity contribution in [3.8, 4) is 6.07 Å². The third-order valence-corrected chi connectivity index (χ3v) is 1.78. The van der Waals surface area contributed by atoms with E-state index in [9.17, 15) is 4.79 Å². The zero-order valence-electron chi connectivity index (χ0n) is 9.61. The lowest BCUT2D eigenvalue weighted by Crippen LogP contribution is -2.20. The molecule has 0 aliphatic heterocycles. The van der Waals surface area contributed by atoms with Crippen LogP contribution in [0.5, 0.6) is 0 Å². The molecule has 0 unspecified atom stereocenters. The summed E-state index contributed by atoms with van der Waals surface area (Å²) in [7, 11) is 0. The summed E-state index contributed by atoms with van der Waals surface area (Å²) in [5, 5.41) is 11.4. The predicted octanol–water partition coefficient (Wildman–Crippen LogP) is 1.72. The summed E-state index contributed by atoms with van der Waals surface area (Å²) < 4.78 is 0. The molecular weight excluding hydrogens is 204 g/mol. The second-order valence-electron chi connectivity index (χ2n) is 4.68. The van der Waals surface area contributed by atoms with E-state index in [1.807, 2.05) is 26.8 Å². The van der Waals surface area contributed by atoms with Crippen LogP contribution in [-0.4, -0.2) is 15.9 Å². The van der Waals surface area contributed by atoms with Gasteiger partial charge in [0.2, 0.25) is 5.91 Å². The molecule has 0 spiro atoms.